The Balaban J connectivity index is 1.53. The third-order valence-corrected chi connectivity index (χ3v) is 3.90. The third kappa shape index (κ3) is 3.63. The van der Waals surface area contributed by atoms with Gasteiger partial charge in [0.1, 0.15) is 5.75 Å². The first-order chi connectivity index (χ1) is 10.7. The Kier molecular flexibility index (Phi) is 4.37. The predicted octanol–water partition coefficient (Wildman–Crippen LogP) is 2.30. The SMILES string of the molecule is CC(=O)NC1CCC(Oc2ccc(-c3ccn[nH]3)nc2)CC1. The van der Waals surface area contributed by atoms with Gasteiger partial charge in [0.2, 0.25) is 5.91 Å². The molecule has 1 fully saturated rings. The first-order valence-electron chi connectivity index (χ1n) is 7.60. The van der Waals surface area contributed by atoms with Gasteiger partial charge in [0.15, 0.2) is 0 Å². The van der Waals surface area contributed by atoms with E-state index in [-0.39, 0.29) is 12.0 Å². The Morgan fingerprint density at radius 1 is 1.27 bits per heavy atom. The van der Waals surface area contributed by atoms with E-state index in [4.69, 9.17) is 4.74 Å². The van der Waals surface area contributed by atoms with Crippen molar-refractivity contribution in [2.24, 2.45) is 0 Å². The van der Waals surface area contributed by atoms with Crippen LogP contribution in [0.3, 0.4) is 0 Å². The molecule has 2 N–H and O–H groups in total. The first kappa shape index (κ1) is 14.6. The number of aromatic amines is 1. The average Bonchev–Trinajstić information content (AvgIpc) is 3.04. The standard InChI is InChI=1S/C16H20N4O2/c1-11(21)19-12-2-4-13(5-3-12)22-14-6-7-15(17-10-14)16-8-9-18-20-16/h6-10,12-13H,2-5H2,1H3,(H,18,20)(H,19,21). The largest absolute Gasteiger partial charge is 0.489 e. The van der Waals surface area contributed by atoms with Crippen LogP contribution >= 0.6 is 0 Å². The van der Waals surface area contributed by atoms with Crippen LogP contribution in [0.15, 0.2) is 30.6 Å². The molecule has 0 bridgehead atoms. The fourth-order valence-corrected chi connectivity index (χ4v) is 2.81. The van der Waals surface area contributed by atoms with Crippen molar-refractivity contribution in [2.45, 2.75) is 44.8 Å². The highest BCUT2D eigenvalue weighted by Crippen LogP contribution is 2.24. The zero-order chi connectivity index (χ0) is 15.4. The molecule has 6 heteroatoms. The van der Waals surface area contributed by atoms with Crippen LogP contribution in [-0.2, 0) is 4.79 Å². The highest BCUT2D eigenvalue weighted by atomic mass is 16.5. The summed E-state index contributed by atoms with van der Waals surface area (Å²) >= 11 is 0. The molecular weight excluding hydrogens is 280 g/mol. The number of hydrogen-bond donors (Lipinski definition) is 2. The minimum absolute atomic E-state index is 0.0444. The lowest BCUT2D eigenvalue weighted by Gasteiger charge is -2.29. The van der Waals surface area contributed by atoms with E-state index in [2.05, 4.69) is 20.5 Å². The number of nitrogens with one attached hydrogen (secondary N) is 2. The monoisotopic (exact) mass is 300 g/mol. The van der Waals surface area contributed by atoms with E-state index in [0.29, 0.717) is 6.04 Å². The molecule has 2 heterocycles. The molecule has 0 aliphatic heterocycles. The average molecular weight is 300 g/mol. The van der Waals surface area contributed by atoms with Crippen molar-refractivity contribution in [2.75, 3.05) is 0 Å². The first-order valence-corrected chi connectivity index (χ1v) is 7.60. The molecule has 0 atom stereocenters. The topological polar surface area (TPSA) is 79.9 Å². The predicted molar refractivity (Wildman–Crippen MR) is 82.3 cm³/mol. The van der Waals surface area contributed by atoms with Crippen molar-refractivity contribution >= 4 is 5.91 Å². The van der Waals surface area contributed by atoms with Gasteiger partial charge in [0.05, 0.1) is 23.7 Å². The van der Waals surface area contributed by atoms with Crippen LogP contribution in [0.2, 0.25) is 0 Å². The van der Waals surface area contributed by atoms with Gasteiger partial charge in [-0.15, -0.1) is 0 Å². The maximum Gasteiger partial charge on any atom is 0.217 e. The Hall–Kier alpha value is -2.37. The number of rotatable bonds is 4. The van der Waals surface area contributed by atoms with Gasteiger partial charge in [0, 0.05) is 19.2 Å². The van der Waals surface area contributed by atoms with E-state index in [1.807, 2.05) is 18.2 Å². The van der Waals surface area contributed by atoms with Gasteiger partial charge in [-0.25, -0.2) is 0 Å². The van der Waals surface area contributed by atoms with Crippen molar-refractivity contribution in [3.8, 4) is 17.1 Å². The number of aromatic nitrogens is 3. The molecule has 1 aliphatic carbocycles. The Labute approximate surface area is 129 Å². The summed E-state index contributed by atoms with van der Waals surface area (Å²) in [5, 5.41) is 9.78. The summed E-state index contributed by atoms with van der Waals surface area (Å²) in [6.07, 6.45) is 7.48. The number of nitrogens with zero attached hydrogens (tertiary/aromatic N) is 2. The van der Waals surface area contributed by atoms with E-state index in [0.717, 1.165) is 42.8 Å². The van der Waals surface area contributed by atoms with Crippen molar-refractivity contribution < 1.29 is 9.53 Å². The van der Waals surface area contributed by atoms with Crippen molar-refractivity contribution in [1.29, 1.82) is 0 Å². The summed E-state index contributed by atoms with van der Waals surface area (Å²) in [5.41, 5.74) is 1.74. The van der Waals surface area contributed by atoms with E-state index >= 15 is 0 Å². The molecule has 1 saturated carbocycles. The number of carbonyl (C=O) groups is 1. The van der Waals surface area contributed by atoms with Crippen molar-refractivity contribution in [1.82, 2.24) is 20.5 Å². The lowest BCUT2D eigenvalue weighted by molar-refractivity contribution is -0.120. The highest BCUT2D eigenvalue weighted by molar-refractivity contribution is 5.73. The van der Waals surface area contributed by atoms with Crippen LogP contribution in [-0.4, -0.2) is 33.2 Å². The summed E-state index contributed by atoms with van der Waals surface area (Å²) in [6.45, 7) is 1.56. The second kappa shape index (κ2) is 6.60. The number of amides is 1. The molecule has 6 nitrogen and oxygen atoms in total. The van der Waals surface area contributed by atoms with Crippen molar-refractivity contribution in [3.05, 3.63) is 30.6 Å². The molecule has 116 valence electrons. The smallest absolute Gasteiger partial charge is 0.217 e. The second-order valence-corrected chi connectivity index (χ2v) is 5.64. The molecule has 0 radical (unpaired) electrons. The number of pyridine rings is 1. The third-order valence-electron chi connectivity index (χ3n) is 3.90. The van der Waals surface area contributed by atoms with Crippen LogP contribution in [0.5, 0.6) is 5.75 Å². The van der Waals surface area contributed by atoms with Gasteiger partial charge in [-0.05, 0) is 43.9 Å². The molecule has 2 aromatic heterocycles. The molecular formula is C16H20N4O2. The van der Waals surface area contributed by atoms with Gasteiger partial charge in [-0.1, -0.05) is 0 Å². The highest BCUT2D eigenvalue weighted by Gasteiger charge is 2.22. The van der Waals surface area contributed by atoms with Gasteiger partial charge in [-0.2, -0.15) is 5.10 Å². The molecule has 0 saturated heterocycles. The van der Waals surface area contributed by atoms with Gasteiger partial charge in [0.25, 0.3) is 0 Å². The van der Waals surface area contributed by atoms with Gasteiger partial charge < -0.3 is 10.1 Å². The molecule has 0 aromatic carbocycles. The summed E-state index contributed by atoms with van der Waals surface area (Å²) in [5.74, 6) is 0.828. The van der Waals surface area contributed by atoms with Crippen LogP contribution < -0.4 is 10.1 Å². The summed E-state index contributed by atoms with van der Waals surface area (Å²) < 4.78 is 5.98. The van der Waals surface area contributed by atoms with Gasteiger partial charge in [-0.3, -0.25) is 14.9 Å². The van der Waals surface area contributed by atoms with E-state index < -0.39 is 0 Å². The number of carbonyl (C=O) groups excluding carboxylic acids is 1. The van der Waals surface area contributed by atoms with E-state index in [1.54, 1.807) is 19.3 Å². The minimum Gasteiger partial charge on any atom is -0.489 e. The summed E-state index contributed by atoms with van der Waals surface area (Å²) in [7, 11) is 0. The van der Waals surface area contributed by atoms with Crippen LogP contribution in [0.4, 0.5) is 0 Å². The van der Waals surface area contributed by atoms with Crippen LogP contribution in [0, 0.1) is 0 Å². The molecule has 1 aliphatic rings. The normalized spacial score (nSPS) is 21.3. The zero-order valence-electron chi connectivity index (χ0n) is 12.6. The lowest BCUT2D eigenvalue weighted by Crippen LogP contribution is -2.38. The zero-order valence-corrected chi connectivity index (χ0v) is 12.6. The second-order valence-electron chi connectivity index (χ2n) is 5.64. The maximum atomic E-state index is 11.1. The number of ether oxygens (including phenoxy) is 1. The summed E-state index contributed by atoms with van der Waals surface area (Å²) in [4.78, 5) is 15.4. The maximum absolute atomic E-state index is 11.1. The van der Waals surface area contributed by atoms with Crippen LogP contribution in [0.25, 0.3) is 11.4 Å². The molecule has 2 aromatic rings. The Morgan fingerprint density at radius 2 is 2.09 bits per heavy atom. The van der Waals surface area contributed by atoms with E-state index in [9.17, 15) is 4.79 Å². The van der Waals surface area contributed by atoms with Crippen LogP contribution in [0.1, 0.15) is 32.6 Å². The summed E-state index contributed by atoms with van der Waals surface area (Å²) in [6, 6.07) is 6.03. The molecule has 0 spiro atoms. The van der Waals surface area contributed by atoms with Gasteiger partial charge >= 0.3 is 0 Å². The molecule has 0 unspecified atom stereocenters. The Bertz CT molecular complexity index is 602. The van der Waals surface area contributed by atoms with E-state index in [1.165, 1.54) is 0 Å². The fraction of sp³-hybridized carbons (Fsp3) is 0.438. The van der Waals surface area contributed by atoms with Crippen molar-refractivity contribution in [3.63, 3.8) is 0 Å². The Morgan fingerprint density at radius 3 is 2.68 bits per heavy atom. The number of hydrogen-bond acceptors (Lipinski definition) is 4. The minimum atomic E-state index is 0.0444. The number of H-pyrrole nitrogens is 1. The quantitative estimate of drug-likeness (QED) is 0.908. The molecule has 3 rings (SSSR count). The fourth-order valence-electron chi connectivity index (χ4n) is 2.81. The molecule has 1 amide bonds. The lowest BCUT2D eigenvalue weighted by atomic mass is 9.93. The molecule has 22 heavy (non-hydrogen) atoms.